The predicted molar refractivity (Wildman–Crippen MR) is 363 cm³/mol. The quantitative estimate of drug-likeness (QED) is 0.0562. The van der Waals surface area contributed by atoms with Crippen molar-refractivity contribution in [2.75, 3.05) is 62.0 Å². The molecule has 0 atom stereocenters. The third kappa shape index (κ3) is 19.0. The second-order valence-corrected chi connectivity index (χ2v) is 21.1. The average Bonchev–Trinajstić information content (AvgIpc) is 1.72. The number of nitrogens with zero attached hydrogens (tertiary/aromatic N) is 24. The van der Waals surface area contributed by atoms with Crippen molar-refractivity contribution in [3.05, 3.63) is 150 Å². The van der Waals surface area contributed by atoms with Crippen molar-refractivity contribution in [2.45, 2.75) is 0 Å². The molecule has 0 bridgehead atoms. The molecule has 12 heterocycles. The van der Waals surface area contributed by atoms with Gasteiger partial charge in [-0.1, -0.05) is 11.6 Å². The molecule has 0 aliphatic heterocycles. The molecule has 0 saturated carbocycles. The van der Waals surface area contributed by atoms with E-state index in [1.807, 2.05) is 0 Å². The normalized spacial score (nSPS) is 10.4. The number of ketones is 4. The van der Waals surface area contributed by atoms with Crippen LogP contribution < -0.4 is 23.7 Å². The van der Waals surface area contributed by atoms with Crippen LogP contribution in [0.15, 0.2) is 99.1 Å². The van der Waals surface area contributed by atoms with Gasteiger partial charge in [0.1, 0.15) is 78.3 Å². The fraction of sp³-hybridized carbons (Fsp3) is 0.238. The van der Waals surface area contributed by atoms with Crippen LogP contribution in [0, 0.1) is 11.6 Å². The topological polar surface area (TPSA) is 532 Å². The highest BCUT2D eigenvalue weighted by molar-refractivity contribution is 6.33. The number of aliphatic hydroxyl groups is 4. The lowest BCUT2D eigenvalue weighted by Crippen LogP contribution is -2.12. The Morgan fingerprint density at radius 1 is 0.374 bits per heavy atom. The van der Waals surface area contributed by atoms with Crippen molar-refractivity contribution in [3.63, 3.8) is 0 Å². The fourth-order valence-electron chi connectivity index (χ4n) is 9.50. The molecule has 12 rings (SSSR count). The van der Waals surface area contributed by atoms with Crippen molar-refractivity contribution >= 4 is 46.7 Å². The van der Waals surface area contributed by atoms with Crippen molar-refractivity contribution < 1.29 is 91.9 Å². The zero-order valence-electron chi connectivity index (χ0n) is 58.1. The van der Waals surface area contributed by atoms with Crippen molar-refractivity contribution in [2.24, 2.45) is 42.3 Å². The number of aromatic nitrogens is 24. The number of aliphatic hydroxyl groups excluding tert-OH is 4. The van der Waals surface area contributed by atoms with Gasteiger partial charge in [-0.2, -0.15) is 45.5 Å². The summed E-state index contributed by atoms with van der Waals surface area (Å²) in [6.07, 6.45) is 20.5. The van der Waals surface area contributed by atoms with E-state index in [1.165, 1.54) is 154 Å². The molecular weight excluding hydrogens is 1440 g/mol. The summed E-state index contributed by atoms with van der Waals surface area (Å²) >= 11 is 5.95. The van der Waals surface area contributed by atoms with Crippen LogP contribution in [0.2, 0.25) is 5.02 Å². The zero-order valence-corrected chi connectivity index (χ0v) is 58.9. The number of aryl methyl sites for hydroxylation is 6. The van der Waals surface area contributed by atoms with Gasteiger partial charge in [0.25, 0.3) is 0 Å². The van der Waals surface area contributed by atoms with E-state index in [9.17, 15) is 37.5 Å². The third-order valence-electron chi connectivity index (χ3n) is 14.2. The summed E-state index contributed by atoms with van der Waals surface area (Å²) in [5, 5.41) is 77.8. The molecule has 0 amide bonds. The predicted octanol–water partition coefficient (Wildman–Crippen LogP) is 2.33. The Morgan fingerprint density at radius 3 is 1.05 bits per heavy atom. The second kappa shape index (κ2) is 37.5. The Kier molecular flexibility index (Phi) is 28.3. The maximum atomic E-state index is 13.8. The number of carboxylic acid groups (broad SMARTS) is 2. The summed E-state index contributed by atoms with van der Waals surface area (Å²) in [4.78, 5) is 116. The Balaban J connectivity index is 0.000000179. The molecule has 12 aromatic heterocycles. The Bertz CT molecular complexity index is 5160. The van der Waals surface area contributed by atoms with Crippen LogP contribution in [-0.2, 0) is 42.3 Å². The monoisotopic (exact) mass is 1500 g/mol. The van der Waals surface area contributed by atoms with Crippen LogP contribution in [-0.4, -0.2) is 246 Å². The second-order valence-electron chi connectivity index (χ2n) is 20.7. The molecule has 12 aromatic rings. The molecule has 6 N–H and O–H groups in total. The number of Topliss-reactive ketones (excluding diaryl/α,β-unsaturated/α-hetero) is 4. The van der Waals surface area contributed by atoms with Gasteiger partial charge in [-0.15, -0.1) is 0 Å². The maximum Gasteiger partial charge on any atom is 0.354 e. The minimum atomic E-state index is -1.22. The van der Waals surface area contributed by atoms with Crippen molar-refractivity contribution in [1.82, 2.24) is 118 Å². The Hall–Kier alpha value is -13.7. The molecular formula is C63H63ClF2N24O17. The molecule has 0 radical (unpaired) electrons. The number of rotatable bonds is 21. The lowest BCUT2D eigenvalue weighted by atomic mass is 10.1. The van der Waals surface area contributed by atoms with Crippen LogP contribution in [0.1, 0.15) is 62.9 Å². The number of carboxylic acids is 2. The molecule has 41 nitrogen and oxygen atoms in total. The number of hydrogen-bond donors (Lipinski definition) is 6. The summed E-state index contributed by atoms with van der Waals surface area (Å²) < 4.78 is 59.9. The van der Waals surface area contributed by atoms with E-state index >= 15 is 0 Å². The van der Waals surface area contributed by atoms with E-state index in [2.05, 4.69) is 90.4 Å². The molecule has 0 aromatic carbocycles. The maximum absolute atomic E-state index is 13.8. The van der Waals surface area contributed by atoms with E-state index in [1.54, 1.807) is 34.3 Å². The van der Waals surface area contributed by atoms with E-state index < -0.39 is 73.1 Å². The molecule has 0 unspecified atom stereocenters. The summed E-state index contributed by atoms with van der Waals surface area (Å²) in [7, 11) is 16.4. The van der Waals surface area contributed by atoms with Crippen molar-refractivity contribution in [3.8, 4) is 97.3 Å². The highest BCUT2D eigenvalue weighted by Gasteiger charge is 2.27. The summed E-state index contributed by atoms with van der Waals surface area (Å²) in [5.74, 6) is -5.04. The molecule has 0 spiro atoms. The van der Waals surface area contributed by atoms with Gasteiger partial charge < -0.3 is 54.3 Å². The van der Waals surface area contributed by atoms with Gasteiger partial charge >= 0.3 is 30.0 Å². The average molecular weight is 1500 g/mol. The summed E-state index contributed by atoms with van der Waals surface area (Å²) in [6, 6.07) is 1.78. The van der Waals surface area contributed by atoms with E-state index in [0.29, 0.717) is 61.6 Å². The van der Waals surface area contributed by atoms with Crippen LogP contribution in [0.3, 0.4) is 0 Å². The zero-order chi connectivity index (χ0) is 78.3. The molecule has 0 saturated heterocycles. The Morgan fingerprint density at radius 2 is 0.692 bits per heavy atom. The SMILES string of the molecule is COc1ncc(F)c(-c2cnn(C)c2C(=O)CO)n1.COc1ncc(F)c(-c2cnn(C)c2C(=O)O)n1.COc1nccc(-c2cnn(C)c2C(=O)CO)n1.COc1nccnc1-c1cnn(C)c1C(=O)CO.COc1nccnc1-c1cnn(C)c1C(=O)O.Cn1ncc(-c2ncncc2Cl)c1C(=O)CO. The number of carbonyl (C=O) groups is 6. The highest BCUT2D eigenvalue weighted by atomic mass is 35.5. The first-order valence-corrected chi connectivity index (χ1v) is 30.5. The van der Waals surface area contributed by atoms with Gasteiger partial charge in [-0.3, -0.25) is 47.3 Å². The highest BCUT2D eigenvalue weighted by Crippen LogP contribution is 2.32. The summed E-state index contributed by atoms with van der Waals surface area (Å²) in [6.45, 7) is -2.45. The number of aromatic carboxylic acids is 2. The minimum absolute atomic E-state index is 0.0253. The first-order chi connectivity index (χ1) is 51.3. The van der Waals surface area contributed by atoms with E-state index in [0.717, 1.165) is 17.1 Å². The first kappa shape index (κ1) is 80.7. The lowest BCUT2D eigenvalue weighted by Gasteiger charge is -2.06. The first-order valence-electron chi connectivity index (χ1n) is 30.1. The van der Waals surface area contributed by atoms with Gasteiger partial charge in [0, 0.05) is 85.0 Å². The van der Waals surface area contributed by atoms with Gasteiger partial charge in [-0.05, 0) is 6.07 Å². The van der Waals surface area contributed by atoms with Gasteiger partial charge in [0.2, 0.25) is 34.9 Å². The molecule has 107 heavy (non-hydrogen) atoms. The minimum Gasteiger partial charge on any atom is -0.479 e. The van der Waals surface area contributed by atoms with Crippen LogP contribution in [0.5, 0.6) is 29.8 Å². The number of hydrogen-bond acceptors (Lipinski definition) is 33. The van der Waals surface area contributed by atoms with Gasteiger partial charge in [0.05, 0.1) is 129 Å². The van der Waals surface area contributed by atoms with E-state index in [4.69, 9.17) is 65.9 Å². The Labute approximate surface area is 606 Å². The molecule has 558 valence electrons. The molecule has 44 heteroatoms. The van der Waals surface area contributed by atoms with Crippen LogP contribution in [0.25, 0.3) is 67.5 Å². The van der Waals surface area contributed by atoms with Crippen LogP contribution >= 0.6 is 11.6 Å². The van der Waals surface area contributed by atoms with Gasteiger partial charge in [-0.25, -0.2) is 63.2 Å². The van der Waals surface area contributed by atoms with E-state index in [-0.39, 0.29) is 74.9 Å². The molecule has 0 fully saturated rings. The number of methoxy groups -OCH3 is 5. The smallest absolute Gasteiger partial charge is 0.354 e. The number of halogens is 3. The van der Waals surface area contributed by atoms with Gasteiger partial charge in [0.15, 0.2) is 23.0 Å². The molecule has 0 aliphatic carbocycles. The molecule has 0 aliphatic rings. The summed E-state index contributed by atoms with van der Waals surface area (Å²) in [5.41, 5.74) is 4.42. The van der Waals surface area contributed by atoms with Crippen LogP contribution in [0.4, 0.5) is 8.78 Å². The lowest BCUT2D eigenvalue weighted by molar-refractivity contribution is 0.0675. The standard InChI is InChI=1S/C11H11FN4O3.2C11H12N4O3.C10H9ClN4O2.C10H9FN4O3.C10H10N4O3/c1-16-10(8(18)5-17)6(3-14-16)9-7(12)4-13-11(15-9)19-2;1-15-10(8(17)6-16)7(5-14-15)9-11(18-2)13-4-3-12-9;1-15-10(9(17)6-16)7(5-13-15)8-3-4-12-11(14-8)18-2;1-15-10(8(17)4-16)6(2-14-15)9-7(11)3-12-5-13-9;1-15-8(9(16)17)5(3-13-15)7-6(11)4-12-10(14-7)18-2;1-14-8(10(15)16)6(5-13-14)7-9(17-2)12-4-3-11-7/h3-4,17H,5H2,1-2H3;2*3-5,16H,6H2,1-2H3;2-3,5,16H,4H2,1H3;3-4H,1-2H3,(H,16,17);3-5H,1-2H3,(H,15,16). The largest absolute Gasteiger partial charge is 0.479 e. The number of ether oxygens (including phenoxy) is 5. The fourth-order valence-corrected chi connectivity index (χ4v) is 9.71. The third-order valence-corrected chi connectivity index (χ3v) is 14.5. The number of carbonyl (C=O) groups excluding carboxylic acids is 4. The van der Waals surface area contributed by atoms with Crippen molar-refractivity contribution in [1.29, 1.82) is 0 Å².